The molecule has 152 valence electrons. The summed E-state index contributed by atoms with van der Waals surface area (Å²) in [7, 11) is -3.54. The van der Waals surface area contributed by atoms with Crippen LogP contribution >= 0.6 is 11.3 Å². The second kappa shape index (κ2) is 7.23. The van der Waals surface area contributed by atoms with Crippen molar-refractivity contribution in [3.8, 4) is 0 Å². The molecule has 4 rings (SSSR count). The van der Waals surface area contributed by atoms with E-state index in [0.29, 0.717) is 10.2 Å². The van der Waals surface area contributed by atoms with Gasteiger partial charge in [0, 0.05) is 5.38 Å². The minimum atomic E-state index is -3.54. The van der Waals surface area contributed by atoms with Gasteiger partial charge in [0.2, 0.25) is 10.0 Å². The van der Waals surface area contributed by atoms with Crippen LogP contribution in [0, 0.1) is 18.7 Å². The third kappa shape index (κ3) is 4.01. The largest absolute Gasteiger partial charge is 0.382 e. The van der Waals surface area contributed by atoms with Crippen LogP contribution in [0.2, 0.25) is 0 Å². The molecule has 0 spiro atoms. The number of halogens is 1. The molecule has 4 N–H and O–H groups in total. The smallest absolute Gasteiger partial charge is 0.258 e. The van der Waals surface area contributed by atoms with Gasteiger partial charge in [-0.15, -0.1) is 11.3 Å². The molecule has 29 heavy (non-hydrogen) atoms. The highest BCUT2D eigenvalue weighted by molar-refractivity contribution is 7.92. The Morgan fingerprint density at radius 2 is 2.10 bits per heavy atom. The fraction of sp³-hybridized carbons (Fsp3) is 0.278. The van der Waals surface area contributed by atoms with Gasteiger partial charge < -0.3 is 11.1 Å². The van der Waals surface area contributed by atoms with Crippen LogP contribution in [0.15, 0.2) is 23.8 Å². The molecule has 0 unspecified atom stereocenters. The summed E-state index contributed by atoms with van der Waals surface area (Å²) >= 11 is 1.21. The summed E-state index contributed by atoms with van der Waals surface area (Å²) in [6.07, 6.45) is 3.04. The molecule has 11 heteroatoms. The van der Waals surface area contributed by atoms with Crippen molar-refractivity contribution in [2.75, 3.05) is 21.5 Å². The Bertz CT molecular complexity index is 1220. The minimum absolute atomic E-state index is 0.0352. The average molecular weight is 436 g/mol. The first kappa shape index (κ1) is 19.5. The number of nitrogens with one attached hydrogen (secondary N) is 2. The number of rotatable bonds is 6. The molecule has 1 aliphatic carbocycles. The second-order valence-corrected chi connectivity index (χ2v) is 9.61. The summed E-state index contributed by atoms with van der Waals surface area (Å²) in [5.41, 5.74) is 6.81. The van der Waals surface area contributed by atoms with E-state index in [1.807, 2.05) is 0 Å². The van der Waals surface area contributed by atoms with Gasteiger partial charge in [-0.1, -0.05) is 0 Å². The lowest BCUT2D eigenvalue weighted by Gasteiger charge is -2.15. The molecule has 1 aromatic carbocycles. The van der Waals surface area contributed by atoms with Gasteiger partial charge in [0.25, 0.3) is 5.91 Å². The molecule has 2 heterocycles. The molecule has 0 atom stereocenters. The molecule has 0 saturated heterocycles. The predicted molar refractivity (Wildman–Crippen MR) is 111 cm³/mol. The summed E-state index contributed by atoms with van der Waals surface area (Å²) in [5.74, 6) is -0.778. The zero-order valence-corrected chi connectivity index (χ0v) is 17.0. The van der Waals surface area contributed by atoms with Gasteiger partial charge in [-0.25, -0.2) is 22.8 Å². The topological polar surface area (TPSA) is 127 Å². The van der Waals surface area contributed by atoms with E-state index in [1.54, 1.807) is 12.3 Å². The minimum Gasteiger partial charge on any atom is -0.382 e. The molecule has 1 amide bonds. The highest BCUT2D eigenvalue weighted by Gasteiger charge is 2.28. The molecule has 0 bridgehead atoms. The van der Waals surface area contributed by atoms with Gasteiger partial charge in [-0.2, -0.15) is 0 Å². The van der Waals surface area contributed by atoms with Crippen molar-refractivity contribution in [1.29, 1.82) is 0 Å². The van der Waals surface area contributed by atoms with Crippen LogP contribution in [0.5, 0.6) is 0 Å². The fourth-order valence-corrected chi connectivity index (χ4v) is 5.45. The fourth-order valence-electron chi connectivity index (χ4n) is 2.96. The Hall–Kier alpha value is -2.79. The van der Waals surface area contributed by atoms with E-state index in [1.165, 1.54) is 23.7 Å². The highest BCUT2D eigenvalue weighted by atomic mass is 32.2. The van der Waals surface area contributed by atoms with E-state index < -0.39 is 21.7 Å². The number of thiophene rings is 1. The van der Waals surface area contributed by atoms with Crippen molar-refractivity contribution >= 4 is 54.7 Å². The van der Waals surface area contributed by atoms with Crippen LogP contribution in [-0.2, 0) is 10.0 Å². The van der Waals surface area contributed by atoms with Crippen LogP contribution < -0.4 is 15.8 Å². The maximum absolute atomic E-state index is 14.4. The molecule has 2 aromatic heterocycles. The van der Waals surface area contributed by atoms with Crippen molar-refractivity contribution in [2.45, 2.75) is 19.8 Å². The summed E-state index contributed by atoms with van der Waals surface area (Å²) < 4.78 is 42.0. The number of hydrogen-bond donors (Lipinski definition) is 3. The predicted octanol–water partition coefficient (Wildman–Crippen LogP) is 3.13. The summed E-state index contributed by atoms with van der Waals surface area (Å²) in [6, 6.07) is 2.46. The lowest BCUT2D eigenvalue weighted by molar-refractivity contribution is 0.102. The van der Waals surface area contributed by atoms with Crippen molar-refractivity contribution in [2.24, 2.45) is 5.92 Å². The van der Waals surface area contributed by atoms with Crippen LogP contribution in [-0.4, -0.2) is 30.0 Å². The number of hydrogen-bond acceptors (Lipinski definition) is 7. The average Bonchev–Trinajstić information content (AvgIpc) is 3.34. The van der Waals surface area contributed by atoms with E-state index in [-0.39, 0.29) is 40.0 Å². The Morgan fingerprint density at radius 3 is 2.83 bits per heavy atom. The Labute approximate surface area is 170 Å². The summed E-state index contributed by atoms with van der Waals surface area (Å²) in [5, 5.41) is 4.10. The van der Waals surface area contributed by atoms with Crippen molar-refractivity contribution in [1.82, 2.24) is 9.97 Å². The number of sulfonamides is 1. The number of amides is 1. The molecule has 3 aromatic rings. The summed E-state index contributed by atoms with van der Waals surface area (Å²) in [4.78, 5) is 20.7. The van der Waals surface area contributed by atoms with Gasteiger partial charge in [0.1, 0.15) is 18.0 Å². The van der Waals surface area contributed by atoms with Gasteiger partial charge in [0.05, 0.1) is 32.9 Å². The van der Waals surface area contributed by atoms with Crippen LogP contribution in [0.1, 0.15) is 28.8 Å². The second-order valence-electron chi connectivity index (χ2n) is 6.96. The van der Waals surface area contributed by atoms with Crippen LogP contribution in [0.3, 0.4) is 0 Å². The van der Waals surface area contributed by atoms with E-state index >= 15 is 0 Å². The zero-order chi connectivity index (χ0) is 20.8. The number of nitrogens with two attached hydrogens (primary N) is 1. The maximum Gasteiger partial charge on any atom is 0.258 e. The standard InChI is InChI=1S/C18H18FN5O3S2/c1-9-13(24-29(26,27)7-10-2-3-10)5-4-12(19)14(9)23-18(25)11-6-28-16-15(11)21-8-22-17(16)20/h4-6,8,10,24H,2-3,7H2,1H3,(H,23,25)(H2,20,21,22). The quantitative estimate of drug-likeness (QED) is 0.546. The lowest BCUT2D eigenvalue weighted by atomic mass is 10.1. The molecule has 1 aliphatic rings. The third-order valence-corrected chi connectivity index (χ3v) is 7.13. The highest BCUT2D eigenvalue weighted by Crippen LogP contribution is 2.33. The number of carbonyl (C=O) groups excluding carboxylic acids is 1. The SMILES string of the molecule is Cc1c(NS(=O)(=O)CC2CC2)ccc(F)c1NC(=O)c1csc2c(N)ncnc12. The first-order chi connectivity index (χ1) is 13.7. The van der Waals surface area contributed by atoms with Crippen molar-refractivity contribution in [3.05, 3.63) is 40.8 Å². The van der Waals surface area contributed by atoms with E-state index in [2.05, 4.69) is 20.0 Å². The van der Waals surface area contributed by atoms with Crippen molar-refractivity contribution < 1.29 is 17.6 Å². The van der Waals surface area contributed by atoms with Gasteiger partial charge in [-0.05, 0) is 43.4 Å². The molecule has 1 saturated carbocycles. The van der Waals surface area contributed by atoms with Gasteiger partial charge in [0.15, 0.2) is 0 Å². The molecule has 0 radical (unpaired) electrons. The molecular weight excluding hydrogens is 417 g/mol. The van der Waals surface area contributed by atoms with E-state index in [4.69, 9.17) is 5.73 Å². The Kier molecular flexibility index (Phi) is 4.87. The van der Waals surface area contributed by atoms with Gasteiger partial charge >= 0.3 is 0 Å². The number of benzene rings is 1. The van der Waals surface area contributed by atoms with E-state index in [0.717, 1.165) is 18.9 Å². The maximum atomic E-state index is 14.4. The number of carbonyl (C=O) groups is 1. The first-order valence-electron chi connectivity index (χ1n) is 8.84. The van der Waals surface area contributed by atoms with E-state index in [9.17, 15) is 17.6 Å². The molecule has 8 nitrogen and oxygen atoms in total. The first-order valence-corrected chi connectivity index (χ1v) is 11.4. The normalized spacial score (nSPS) is 14.1. The number of nitrogen functional groups attached to an aromatic ring is 1. The van der Waals surface area contributed by atoms with Gasteiger partial charge in [-0.3, -0.25) is 9.52 Å². The molecular formula is C18H18FN5O3S2. The Balaban J connectivity index is 1.62. The monoisotopic (exact) mass is 435 g/mol. The van der Waals surface area contributed by atoms with Crippen LogP contribution in [0.4, 0.5) is 21.6 Å². The number of aromatic nitrogens is 2. The zero-order valence-electron chi connectivity index (χ0n) is 15.4. The van der Waals surface area contributed by atoms with Crippen LogP contribution in [0.25, 0.3) is 10.2 Å². The third-order valence-electron chi connectivity index (χ3n) is 4.70. The number of anilines is 3. The molecule has 0 aliphatic heterocycles. The van der Waals surface area contributed by atoms with Crippen molar-refractivity contribution in [3.63, 3.8) is 0 Å². The number of nitrogens with zero attached hydrogens (tertiary/aromatic N) is 2. The Morgan fingerprint density at radius 1 is 1.34 bits per heavy atom. The summed E-state index contributed by atoms with van der Waals surface area (Å²) in [6.45, 7) is 1.54. The lowest BCUT2D eigenvalue weighted by Crippen LogP contribution is -2.20. The number of fused-ring (bicyclic) bond motifs is 1. The molecule has 1 fully saturated rings.